The van der Waals surface area contributed by atoms with Crippen molar-refractivity contribution in [3.05, 3.63) is 101 Å². The minimum Gasteiger partial charge on any atom is -0.352 e. The molecule has 1 aliphatic carbocycles. The Hall–Kier alpha value is -3.47. The van der Waals surface area contributed by atoms with Crippen LogP contribution in [0.2, 0.25) is 5.02 Å². The summed E-state index contributed by atoms with van der Waals surface area (Å²) in [6, 6.07) is 20.7. The molecule has 2 amide bonds. The summed E-state index contributed by atoms with van der Waals surface area (Å²) in [6.07, 6.45) is 5.03. The van der Waals surface area contributed by atoms with E-state index in [0.717, 1.165) is 52.3 Å². The number of carbonyl (C=O) groups excluding carboxylic acids is 2. The fourth-order valence-corrected chi connectivity index (χ4v) is 6.52. The Morgan fingerprint density at radius 1 is 0.930 bits per heavy atom. The van der Waals surface area contributed by atoms with Crippen molar-refractivity contribution in [1.29, 1.82) is 0 Å². The number of hydrogen-bond donors (Lipinski definition) is 1. The van der Waals surface area contributed by atoms with Crippen LogP contribution in [-0.2, 0) is 32.8 Å². The molecule has 11 heteroatoms. The van der Waals surface area contributed by atoms with Crippen LogP contribution in [0, 0.1) is 5.82 Å². The predicted octanol–water partition coefficient (Wildman–Crippen LogP) is 5.18. The fourth-order valence-electron chi connectivity index (χ4n) is 5.26. The van der Waals surface area contributed by atoms with Crippen LogP contribution in [0.1, 0.15) is 43.2 Å². The molecular formula is C32H38ClFN4O4S. The van der Waals surface area contributed by atoms with Crippen molar-refractivity contribution in [3.63, 3.8) is 0 Å². The topological polar surface area (TPSA) is 90.0 Å². The van der Waals surface area contributed by atoms with E-state index in [2.05, 4.69) is 5.32 Å². The van der Waals surface area contributed by atoms with Crippen LogP contribution in [0.5, 0.6) is 0 Å². The van der Waals surface area contributed by atoms with Crippen molar-refractivity contribution in [2.24, 2.45) is 0 Å². The smallest absolute Gasteiger partial charge is 0.304 e. The third kappa shape index (κ3) is 8.34. The van der Waals surface area contributed by atoms with E-state index in [9.17, 15) is 22.4 Å². The molecule has 1 N–H and O–H groups in total. The van der Waals surface area contributed by atoms with Gasteiger partial charge in [0.15, 0.2) is 0 Å². The van der Waals surface area contributed by atoms with E-state index >= 15 is 0 Å². The van der Waals surface area contributed by atoms with Gasteiger partial charge in [-0.05, 0) is 42.2 Å². The minimum absolute atomic E-state index is 0.0131. The van der Waals surface area contributed by atoms with Gasteiger partial charge in [-0.15, -0.1) is 0 Å². The molecule has 0 saturated heterocycles. The molecular weight excluding hydrogens is 591 g/mol. The lowest BCUT2D eigenvalue weighted by molar-refractivity contribution is -0.140. The number of amides is 2. The third-order valence-corrected chi connectivity index (χ3v) is 9.84. The van der Waals surface area contributed by atoms with Gasteiger partial charge < -0.3 is 10.2 Å². The summed E-state index contributed by atoms with van der Waals surface area (Å²) < 4.78 is 43.5. The zero-order valence-corrected chi connectivity index (χ0v) is 26.0. The number of rotatable bonds is 12. The second kappa shape index (κ2) is 14.8. The summed E-state index contributed by atoms with van der Waals surface area (Å²) in [5.41, 5.74) is 1.15. The molecule has 0 spiro atoms. The van der Waals surface area contributed by atoms with Gasteiger partial charge >= 0.3 is 10.2 Å². The van der Waals surface area contributed by atoms with Crippen molar-refractivity contribution in [3.8, 4) is 0 Å². The SMILES string of the molecule is CN(C)S(=O)(=O)N(CC(=O)N(Cc1ccccc1Cl)[C@H](Cc1ccccc1)C(=O)NC1CCCCC1)c1ccccc1F. The van der Waals surface area contributed by atoms with Crippen LogP contribution >= 0.6 is 11.6 Å². The second-order valence-corrected chi connectivity index (χ2v) is 13.4. The predicted molar refractivity (Wildman–Crippen MR) is 167 cm³/mol. The number of hydrogen-bond acceptors (Lipinski definition) is 4. The van der Waals surface area contributed by atoms with Gasteiger partial charge in [0.1, 0.15) is 18.4 Å². The first-order valence-corrected chi connectivity index (χ1v) is 16.2. The summed E-state index contributed by atoms with van der Waals surface area (Å²) in [5.74, 6) is -1.80. The quantitative estimate of drug-likeness (QED) is 0.299. The Labute approximate surface area is 258 Å². The summed E-state index contributed by atoms with van der Waals surface area (Å²) >= 11 is 6.51. The Balaban J connectivity index is 1.77. The first-order valence-electron chi connectivity index (χ1n) is 14.4. The zero-order chi connectivity index (χ0) is 31.0. The lowest BCUT2D eigenvalue weighted by Crippen LogP contribution is -2.55. The van der Waals surface area contributed by atoms with Crippen LogP contribution in [0.4, 0.5) is 10.1 Å². The Kier molecular flexibility index (Phi) is 11.2. The molecule has 0 aromatic heterocycles. The molecule has 0 heterocycles. The van der Waals surface area contributed by atoms with E-state index in [-0.39, 0.29) is 30.6 Å². The van der Waals surface area contributed by atoms with Gasteiger partial charge in [0.2, 0.25) is 11.8 Å². The van der Waals surface area contributed by atoms with Crippen LogP contribution in [-0.4, -0.2) is 62.2 Å². The normalized spacial score (nSPS) is 14.7. The monoisotopic (exact) mass is 628 g/mol. The van der Waals surface area contributed by atoms with Gasteiger partial charge in [0.25, 0.3) is 0 Å². The summed E-state index contributed by atoms with van der Waals surface area (Å²) in [4.78, 5) is 29.7. The largest absolute Gasteiger partial charge is 0.352 e. The molecule has 0 aliphatic heterocycles. The van der Waals surface area contributed by atoms with Gasteiger partial charge in [-0.2, -0.15) is 12.7 Å². The second-order valence-electron chi connectivity index (χ2n) is 10.9. The summed E-state index contributed by atoms with van der Waals surface area (Å²) in [5, 5.41) is 3.55. The summed E-state index contributed by atoms with van der Waals surface area (Å²) in [6.45, 7) is -0.783. The molecule has 4 rings (SSSR count). The number of nitrogens with zero attached hydrogens (tertiary/aromatic N) is 3. The maximum atomic E-state index is 15.0. The van der Waals surface area contributed by atoms with Gasteiger partial charge in [0, 0.05) is 38.1 Å². The van der Waals surface area contributed by atoms with Crippen molar-refractivity contribution < 1.29 is 22.4 Å². The standard InChI is InChI=1S/C32H38ClFN4O4S/c1-36(2)43(41,42)38(29-20-12-11-19-28(29)34)23-31(39)37(22-25-15-9-10-18-27(25)33)30(21-24-13-5-3-6-14-24)32(40)35-26-16-7-4-8-17-26/h3,5-6,9-15,18-20,26,30H,4,7-8,16-17,21-23H2,1-2H3,(H,35,40)/t30-/m1/s1. The van der Waals surface area contributed by atoms with Crippen LogP contribution in [0.3, 0.4) is 0 Å². The van der Waals surface area contributed by atoms with Crippen LogP contribution in [0.25, 0.3) is 0 Å². The van der Waals surface area contributed by atoms with Crippen molar-refractivity contribution >= 4 is 39.3 Å². The average Bonchev–Trinajstić information content (AvgIpc) is 2.99. The molecule has 43 heavy (non-hydrogen) atoms. The molecule has 0 bridgehead atoms. The van der Waals surface area contributed by atoms with E-state index in [0.29, 0.717) is 10.6 Å². The van der Waals surface area contributed by atoms with E-state index in [1.54, 1.807) is 24.3 Å². The zero-order valence-electron chi connectivity index (χ0n) is 24.5. The van der Waals surface area contributed by atoms with Crippen molar-refractivity contribution in [2.75, 3.05) is 24.9 Å². The van der Waals surface area contributed by atoms with Crippen LogP contribution < -0.4 is 9.62 Å². The third-order valence-electron chi connectivity index (χ3n) is 7.66. The highest BCUT2D eigenvalue weighted by atomic mass is 35.5. The van der Waals surface area contributed by atoms with E-state index in [1.165, 1.54) is 37.2 Å². The first kappa shape index (κ1) is 32.4. The highest BCUT2D eigenvalue weighted by Crippen LogP contribution is 2.26. The molecule has 3 aromatic rings. The molecule has 230 valence electrons. The molecule has 8 nitrogen and oxygen atoms in total. The number of para-hydroxylation sites is 1. The van der Waals surface area contributed by atoms with Crippen molar-refractivity contribution in [1.82, 2.24) is 14.5 Å². The maximum absolute atomic E-state index is 15.0. The summed E-state index contributed by atoms with van der Waals surface area (Å²) in [7, 11) is -1.68. The Bertz CT molecular complexity index is 1500. The number of benzene rings is 3. The number of carbonyl (C=O) groups is 2. The molecule has 1 aliphatic rings. The van der Waals surface area contributed by atoms with Gasteiger partial charge in [-0.25, -0.2) is 8.70 Å². The molecule has 1 atom stereocenters. The molecule has 0 radical (unpaired) electrons. The fraction of sp³-hybridized carbons (Fsp3) is 0.375. The highest BCUT2D eigenvalue weighted by molar-refractivity contribution is 7.90. The molecule has 0 unspecified atom stereocenters. The van der Waals surface area contributed by atoms with Crippen molar-refractivity contribution in [2.45, 2.75) is 57.2 Å². The number of anilines is 1. The Morgan fingerprint density at radius 2 is 1.56 bits per heavy atom. The number of nitrogens with one attached hydrogen (secondary N) is 1. The molecule has 1 fully saturated rings. The first-order chi connectivity index (χ1) is 20.6. The van der Waals surface area contributed by atoms with Crippen LogP contribution in [0.15, 0.2) is 78.9 Å². The lowest BCUT2D eigenvalue weighted by atomic mass is 9.94. The average molecular weight is 629 g/mol. The highest BCUT2D eigenvalue weighted by Gasteiger charge is 2.36. The molecule has 3 aromatic carbocycles. The van der Waals surface area contributed by atoms with E-state index in [1.807, 2.05) is 30.3 Å². The minimum atomic E-state index is -4.30. The lowest BCUT2D eigenvalue weighted by Gasteiger charge is -2.35. The maximum Gasteiger partial charge on any atom is 0.304 e. The Morgan fingerprint density at radius 3 is 2.21 bits per heavy atom. The number of halogens is 2. The van der Waals surface area contributed by atoms with E-state index < -0.39 is 34.5 Å². The van der Waals surface area contributed by atoms with Gasteiger partial charge in [-0.1, -0.05) is 91.5 Å². The van der Waals surface area contributed by atoms with Gasteiger partial charge in [-0.3, -0.25) is 9.59 Å². The molecule has 1 saturated carbocycles. The van der Waals surface area contributed by atoms with Gasteiger partial charge in [0.05, 0.1) is 5.69 Å². The van der Waals surface area contributed by atoms with E-state index in [4.69, 9.17) is 11.6 Å².